The van der Waals surface area contributed by atoms with E-state index in [0.29, 0.717) is 18.6 Å². The summed E-state index contributed by atoms with van der Waals surface area (Å²) in [5.74, 6) is 1.36. The summed E-state index contributed by atoms with van der Waals surface area (Å²) in [6.07, 6.45) is 18.2. The topological polar surface area (TPSA) is 91.1 Å². The van der Waals surface area contributed by atoms with Gasteiger partial charge in [-0.2, -0.15) is 0 Å². The Labute approximate surface area is 244 Å². The fourth-order valence-corrected chi connectivity index (χ4v) is 6.94. The second-order valence-electron chi connectivity index (χ2n) is 12.3. The largest absolute Gasteiger partial charge is 0.445 e. The summed E-state index contributed by atoms with van der Waals surface area (Å²) in [6, 6.07) is 10.6. The maximum Gasteiger partial charge on any atom is 0.407 e. The van der Waals surface area contributed by atoms with Gasteiger partial charge in [0.05, 0.1) is 0 Å². The van der Waals surface area contributed by atoms with E-state index in [1.807, 2.05) is 30.3 Å². The summed E-state index contributed by atoms with van der Waals surface area (Å²) in [5.41, 5.74) is 7.20. The van der Waals surface area contributed by atoms with Gasteiger partial charge in [-0.1, -0.05) is 68.9 Å². The van der Waals surface area contributed by atoms with E-state index >= 15 is 0 Å². The van der Waals surface area contributed by atoms with Gasteiger partial charge in [0.2, 0.25) is 0 Å². The van der Waals surface area contributed by atoms with E-state index < -0.39 is 0 Å². The monoisotopic (exact) mass is 558 g/mol. The highest BCUT2D eigenvalue weighted by atomic mass is 16.5. The number of carbonyl (C=O) groups is 1. The number of rotatable bonds is 7. The van der Waals surface area contributed by atoms with E-state index in [1.54, 1.807) is 0 Å². The van der Waals surface area contributed by atoms with Gasteiger partial charge in [-0.25, -0.2) is 4.79 Å². The highest BCUT2D eigenvalue weighted by Gasteiger charge is 2.29. The molecule has 2 heterocycles. The molecule has 5 rings (SSSR count). The van der Waals surface area contributed by atoms with E-state index in [1.165, 1.54) is 116 Å². The fraction of sp³-hybridized carbons (Fsp3) is 0.788. The summed E-state index contributed by atoms with van der Waals surface area (Å²) >= 11 is 0. The third kappa shape index (κ3) is 12.1. The number of carbonyl (C=O) groups excluding carboxylic acids is 1. The van der Waals surface area contributed by atoms with E-state index in [0.717, 1.165) is 31.6 Å². The van der Waals surface area contributed by atoms with Crippen molar-refractivity contribution in [2.75, 3.05) is 46.4 Å². The van der Waals surface area contributed by atoms with Crippen molar-refractivity contribution in [1.29, 1.82) is 0 Å². The smallest absolute Gasteiger partial charge is 0.407 e. The number of aliphatic hydroxyl groups is 1. The number of likely N-dealkylation sites (tertiary alicyclic amines) is 2. The van der Waals surface area contributed by atoms with Gasteiger partial charge in [0.25, 0.3) is 0 Å². The highest BCUT2D eigenvalue weighted by Crippen LogP contribution is 2.27. The number of ether oxygens (including phenoxy) is 1. The molecule has 0 unspecified atom stereocenters. The number of amides is 1. The van der Waals surface area contributed by atoms with Crippen molar-refractivity contribution in [3.63, 3.8) is 0 Å². The maximum absolute atomic E-state index is 12.2. The van der Waals surface area contributed by atoms with Gasteiger partial charge in [0.15, 0.2) is 0 Å². The van der Waals surface area contributed by atoms with Crippen LogP contribution in [0.25, 0.3) is 0 Å². The third-order valence-corrected chi connectivity index (χ3v) is 9.28. The number of hydrogen-bond acceptors (Lipinski definition) is 6. The van der Waals surface area contributed by atoms with Crippen LogP contribution in [-0.2, 0) is 11.3 Å². The van der Waals surface area contributed by atoms with Crippen LogP contribution in [0.3, 0.4) is 0 Å². The number of piperidine rings is 2. The van der Waals surface area contributed by atoms with Gasteiger partial charge in [-0.05, 0) is 94.9 Å². The lowest BCUT2D eigenvalue weighted by atomic mass is 9.84. The average molecular weight is 559 g/mol. The molecule has 1 aromatic rings. The van der Waals surface area contributed by atoms with Crippen molar-refractivity contribution in [1.82, 2.24) is 15.1 Å². The summed E-state index contributed by atoms with van der Waals surface area (Å²) in [7, 11) is 1.00. The molecule has 4 N–H and O–H groups in total. The standard InChI is InChI=1S/C20H30N2O2.C12H24N2.CH4O/c23-20(24-16-17-9-3-1-4-10-17)21-19-12-6-5-11-18(19)15-22-13-7-2-8-14-22;13-12-7-3-2-6-11(12)10-14-8-4-1-5-9-14;1-2/h1,3-4,9-10,18-19H,2,5-8,11-16H2,(H,21,23);11-12H,1-10,13H2;2H,1H3/t18-,19+;11-,12+;/m00./s1. The molecule has 4 aliphatic rings. The predicted molar refractivity (Wildman–Crippen MR) is 164 cm³/mol. The molecule has 2 saturated heterocycles. The molecule has 0 radical (unpaired) electrons. The van der Waals surface area contributed by atoms with Crippen molar-refractivity contribution in [2.45, 2.75) is 109 Å². The zero-order valence-corrected chi connectivity index (χ0v) is 25.3. The Morgan fingerprint density at radius 1 is 0.775 bits per heavy atom. The molecule has 7 heteroatoms. The number of nitrogens with zero attached hydrogens (tertiary/aromatic N) is 2. The van der Waals surface area contributed by atoms with Gasteiger partial charge in [0.1, 0.15) is 6.61 Å². The quantitative estimate of drug-likeness (QED) is 0.406. The number of nitrogens with two attached hydrogens (primary N) is 1. The first-order chi connectivity index (χ1) is 19.7. The van der Waals surface area contributed by atoms with Gasteiger partial charge in [-0.15, -0.1) is 0 Å². The maximum atomic E-state index is 12.2. The van der Waals surface area contributed by atoms with Crippen LogP contribution in [0.4, 0.5) is 4.79 Å². The molecule has 40 heavy (non-hydrogen) atoms. The first-order valence-electron chi connectivity index (χ1n) is 16.3. The van der Waals surface area contributed by atoms with Crippen molar-refractivity contribution >= 4 is 6.09 Å². The molecule has 1 amide bonds. The minimum atomic E-state index is -0.269. The lowest BCUT2D eigenvalue weighted by molar-refractivity contribution is 0.114. The Balaban J connectivity index is 0.000000234. The molecule has 0 spiro atoms. The van der Waals surface area contributed by atoms with Crippen LogP contribution < -0.4 is 11.1 Å². The Hall–Kier alpha value is -1.67. The summed E-state index contributed by atoms with van der Waals surface area (Å²) in [5, 5.41) is 10.1. The van der Waals surface area contributed by atoms with Crippen LogP contribution in [0.15, 0.2) is 30.3 Å². The predicted octanol–water partition coefficient (Wildman–Crippen LogP) is 5.56. The van der Waals surface area contributed by atoms with E-state index in [2.05, 4.69) is 15.1 Å². The minimum absolute atomic E-state index is 0.268. The average Bonchev–Trinajstić information content (AvgIpc) is 3.01. The second kappa shape index (κ2) is 19.5. The number of hydrogen-bond donors (Lipinski definition) is 3. The molecule has 2 aliphatic carbocycles. The molecule has 228 valence electrons. The van der Waals surface area contributed by atoms with Gasteiger partial charge >= 0.3 is 6.09 Å². The minimum Gasteiger partial charge on any atom is -0.445 e. The van der Waals surface area contributed by atoms with Crippen LogP contribution in [0.1, 0.15) is 95.5 Å². The molecule has 0 bridgehead atoms. The summed E-state index contributed by atoms with van der Waals surface area (Å²) < 4.78 is 5.41. The Kier molecular flexibility index (Phi) is 16.0. The zero-order valence-electron chi connectivity index (χ0n) is 25.3. The number of aliphatic hydroxyl groups excluding tert-OH is 1. The first-order valence-corrected chi connectivity index (χ1v) is 16.3. The van der Waals surface area contributed by atoms with E-state index in [9.17, 15) is 4.79 Å². The van der Waals surface area contributed by atoms with Crippen molar-refractivity contribution < 1.29 is 14.6 Å². The lowest BCUT2D eigenvalue weighted by Crippen LogP contribution is -2.47. The van der Waals surface area contributed by atoms with Crippen LogP contribution in [0, 0.1) is 11.8 Å². The normalized spacial score (nSPS) is 27.8. The molecular weight excluding hydrogens is 500 g/mol. The second-order valence-corrected chi connectivity index (χ2v) is 12.3. The SMILES string of the molecule is CO.N[C@@H]1CCCC[C@H]1CN1CCCCC1.O=C(N[C@@H]1CCCC[C@H]1CN1CCCCC1)OCc1ccccc1. The van der Waals surface area contributed by atoms with E-state index in [-0.39, 0.29) is 12.1 Å². The molecule has 4 fully saturated rings. The van der Waals surface area contributed by atoms with Gasteiger partial charge in [-0.3, -0.25) is 0 Å². The summed E-state index contributed by atoms with van der Waals surface area (Å²) in [4.78, 5) is 17.4. The number of alkyl carbamates (subject to hydrolysis) is 1. The van der Waals surface area contributed by atoms with Crippen LogP contribution in [0.5, 0.6) is 0 Å². The van der Waals surface area contributed by atoms with Crippen LogP contribution in [-0.4, -0.2) is 79.5 Å². The first kappa shape index (κ1) is 32.8. The van der Waals surface area contributed by atoms with Crippen LogP contribution in [0.2, 0.25) is 0 Å². The molecule has 1 aromatic carbocycles. The fourth-order valence-electron chi connectivity index (χ4n) is 6.94. The van der Waals surface area contributed by atoms with Crippen molar-refractivity contribution in [2.24, 2.45) is 17.6 Å². The number of nitrogens with one attached hydrogen (secondary N) is 1. The third-order valence-electron chi connectivity index (χ3n) is 9.28. The molecular formula is C33H58N4O3. The Morgan fingerprint density at radius 3 is 1.90 bits per heavy atom. The Morgan fingerprint density at radius 2 is 1.30 bits per heavy atom. The van der Waals surface area contributed by atoms with Crippen LogP contribution >= 0.6 is 0 Å². The lowest BCUT2D eigenvalue weighted by Gasteiger charge is -2.37. The van der Waals surface area contributed by atoms with Gasteiger partial charge < -0.3 is 30.7 Å². The number of benzene rings is 1. The molecule has 0 aromatic heterocycles. The Bertz CT molecular complexity index is 783. The molecule has 2 aliphatic heterocycles. The van der Waals surface area contributed by atoms with E-state index in [4.69, 9.17) is 15.6 Å². The van der Waals surface area contributed by atoms with Crippen molar-refractivity contribution in [3.05, 3.63) is 35.9 Å². The molecule has 7 nitrogen and oxygen atoms in total. The zero-order chi connectivity index (χ0) is 28.4. The van der Waals surface area contributed by atoms with Gasteiger partial charge in [0, 0.05) is 32.3 Å². The molecule has 4 atom stereocenters. The molecule has 2 saturated carbocycles. The summed E-state index contributed by atoms with van der Waals surface area (Å²) in [6.45, 7) is 7.84. The van der Waals surface area contributed by atoms with Crippen molar-refractivity contribution in [3.8, 4) is 0 Å². The highest BCUT2D eigenvalue weighted by molar-refractivity contribution is 5.67.